The molecule has 12 heteroatoms. The minimum atomic E-state index is -1.28. The van der Waals surface area contributed by atoms with Crippen LogP contribution >= 0.6 is 0 Å². The first kappa shape index (κ1) is 28.0. The lowest BCUT2D eigenvalue weighted by atomic mass is 9.99. The van der Waals surface area contributed by atoms with Crippen molar-refractivity contribution in [2.75, 3.05) is 40.0 Å². The smallest absolute Gasteiger partial charge is 0.434 e. The Morgan fingerprint density at radius 3 is 2.52 bits per heavy atom. The van der Waals surface area contributed by atoms with Crippen LogP contribution in [-0.2, 0) is 20.6 Å². The lowest BCUT2D eigenvalue weighted by Gasteiger charge is -2.24. The molecule has 0 spiro atoms. The van der Waals surface area contributed by atoms with Gasteiger partial charge in [-0.15, -0.1) is 0 Å². The van der Waals surface area contributed by atoms with Crippen LogP contribution in [0.25, 0.3) is 5.52 Å². The molecule has 0 amide bonds. The summed E-state index contributed by atoms with van der Waals surface area (Å²) >= 11 is 0. The molecule has 0 aromatic carbocycles. The van der Waals surface area contributed by atoms with E-state index in [0.717, 1.165) is 12.8 Å². The molecule has 0 fully saturated rings. The molecule has 0 saturated heterocycles. The Morgan fingerprint density at radius 1 is 1.32 bits per heavy atom. The molecule has 0 radical (unpaired) electrons. The number of nitrogens with zero attached hydrogens (tertiary/aromatic N) is 4. The number of aliphatic hydroxyl groups excluding tert-OH is 2. The fourth-order valence-electron chi connectivity index (χ4n) is 2.35. The maximum Gasteiger partial charge on any atom is 0.508 e. The van der Waals surface area contributed by atoms with Gasteiger partial charge in [-0.25, -0.2) is 14.3 Å². The number of carbonyl (C=O) groups is 1. The van der Waals surface area contributed by atoms with Crippen LogP contribution in [0, 0.1) is 17.2 Å². The van der Waals surface area contributed by atoms with Gasteiger partial charge in [0, 0.05) is 19.9 Å². The number of methoxy groups -OCH3 is 1. The Bertz CT molecular complexity index is 822. The predicted molar refractivity (Wildman–Crippen MR) is 111 cm³/mol. The van der Waals surface area contributed by atoms with Crippen molar-refractivity contribution in [2.45, 2.75) is 32.3 Å². The average Bonchev–Trinajstić information content (AvgIpc) is 3.19. The SMILES string of the molecule is CO.COC(C#N)(CCc1ccc2c(N)ncnn12)COC(=O)OCC(C)C.OCO. The van der Waals surface area contributed by atoms with Gasteiger partial charge in [-0.1, -0.05) is 13.8 Å². The second-order valence-electron chi connectivity index (χ2n) is 6.46. The van der Waals surface area contributed by atoms with E-state index in [9.17, 15) is 10.1 Å². The largest absolute Gasteiger partial charge is 0.508 e. The highest BCUT2D eigenvalue weighted by Gasteiger charge is 2.32. The van der Waals surface area contributed by atoms with E-state index in [1.165, 1.54) is 13.4 Å². The zero-order valence-electron chi connectivity index (χ0n) is 18.2. The van der Waals surface area contributed by atoms with Crippen molar-refractivity contribution in [3.05, 3.63) is 24.2 Å². The lowest BCUT2D eigenvalue weighted by Crippen LogP contribution is -2.37. The van der Waals surface area contributed by atoms with Gasteiger partial charge in [0.1, 0.15) is 31.3 Å². The number of nitrogen functional groups attached to an aromatic ring is 1. The predicted octanol–water partition coefficient (Wildman–Crippen LogP) is 0.499. The monoisotopic (exact) mass is 441 g/mol. The number of rotatable bonds is 8. The number of aromatic nitrogens is 3. The third kappa shape index (κ3) is 9.14. The molecule has 5 N–H and O–H groups in total. The van der Waals surface area contributed by atoms with Crippen molar-refractivity contribution in [1.29, 1.82) is 5.26 Å². The number of nitrogens with two attached hydrogens (primary N) is 1. The van der Waals surface area contributed by atoms with E-state index in [1.807, 2.05) is 26.0 Å². The van der Waals surface area contributed by atoms with Crippen molar-refractivity contribution in [1.82, 2.24) is 14.6 Å². The van der Waals surface area contributed by atoms with Gasteiger partial charge in [0.05, 0.1) is 6.61 Å². The number of aryl methyl sites for hydroxylation is 1. The Labute approximate surface area is 180 Å². The number of ether oxygens (including phenoxy) is 3. The molecular formula is C19H31N5O7. The molecule has 174 valence electrons. The molecule has 31 heavy (non-hydrogen) atoms. The van der Waals surface area contributed by atoms with Gasteiger partial charge in [0.15, 0.2) is 11.4 Å². The third-order valence-electron chi connectivity index (χ3n) is 3.90. The summed E-state index contributed by atoms with van der Waals surface area (Å²) in [4.78, 5) is 15.6. The van der Waals surface area contributed by atoms with Crippen molar-refractivity contribution in [3.8, 4) is 6.07 Å². The van der Waals surface area contributed by atoms with E-state index in [0.29, 0.717) is 24.2 Å². The summed E-state index contributed by atoms with van der Waals surface area (Å²) in [5.74, 6) is 0.573. The molecule has 2 aromatic heterocycles. The molecule has 1 unspecified atom stereocenters. The molecule has 2 heterocycles. The summed E-state index contributed by atoms with van der Waals surface area (Å²) in [5, 5.41) is 34.9. The highest BCUT2D eigenvalue weighted by Crippen LogP contribution is 2.21. The normalized spacial score (nSPS) is 12.0. The minimum Gasteiger partial charge on any atom is -0.434 e. The Kier molecular flexibility index (Phi) is 13.5. The summed E-state index contributed by atoms with van der Waals surface area (Å²) in [6.07, 6.45) is 1.32. The summed E-state index contributed by atoms with van der Waals surface area (Å²) < 4.78 is 17.0. The highest BCUT2D eigenvalue weighted by molar-refractivity contribution is 5.65. The second-order valence-corrected chi connectivity index (χ2v) is 6.46. The number of aliphatic hydroxyl groups is 3. The third-order valence-corrected chi connectivity index (χ3v) is 3.90. The Balaban J connectivity index is 0.00000165. The Hall–Kier alpha value is -2.98. The van der Waals surface area contributed by atoms with Crippen LogP contribution in [0.15, 0.2) is 18.5 Å². The summed E-state index contributed by atoms with van der Waals surface area (Å²) in [6.45, 7) is 3.11. The number of hydrogen-bond donors (Lipinski definition) is 4. The quantitative estimate of drug-likeness (QED) is 0.330. The molecule has 1 atom stereocenters. The average molecular weight is 441 g/mol. The van der Waals surface area contributed by atoms with E-state index >= 15 is 0 Å². The van der Waals surface area contributed by atoms with Crippen LogP contribution in [0.4, 0.5) is 10.6 Å². The van der Waals surface area contributed by atoms with Gasteiger partial charge in [0.25, 0.3) is 0 Å². The van der Waals surface area contributed by atoms with Crippen LogP contribution in [0.5, 0.6) is 0 Å². The van der Waals surface area contributed by atoms with Gasteiger partial charge < -0.3 is 35.3 Å². The minimum absolute atomic E-state index is 0.197. The van der Waals surface area contributed by atoms with Gasteiger partial charge >= 0.3 is 6.16 Å². The lowest BCUT2D eigenvalue weighted by molar-refractivity contribution is -0.0400. The maximum absolute atomic E-state index is 11.6. The second kappa shape index (κ2) is 14.9. The first-order valence-electron chi connectivity index (χ1n) is 9.32. The van der Waals surface area contributed by atoms with Crippen molar-refractivity contribution < 1.29 is 34.3 Å². The molecular weight excluding hydrogens is 410 g/mol. The molecule has 12 nitrogen and oxygen atoms in total. The molecule has 0 bridgehead atoms. The highest BCUT2D eigenvalue weighted by atomic mass is 16.7. The van der Waals surface area contributed by atoms with Crippen LogP contribution in [0.3, 0.4) is 0 Å². The summed E-state index contributed by atoms with van der Waals surface area (Å²) in [5.41, 5.74) is 6.07. The first-order valence-corrected chi connectivity index (χ1v) is 9.32. The summed E-state index contributed by atoms with van der Waals surface area (Å²) in [6, 6.07) is 5.75. The summed E-state index contributed by atoms with van der Waals surface area (Å²) in [7, 11) is 2.41. The van der Waals surface area contributed by atoms with Gasteiger partial charge in [-0.05, 0) is 30.9 Å². The molecule has 0 aliphatic rings. The van der Waals surface area contributed by atoms with Gasteiger partial charge in [-0.2, -0.15) is 10.4 Å². The number of fused-ring (bicyclic) bond motifs is 1. The van der Waals surface area contributed by atoms with E-state index in [1.54, 1.807) is 4.52 Å². The van der Waals surface area contributed by atoms with Gasteiger partial charge in [-0.3, -0.25) is 0 Å². The van der Waals surface area contributed by atoms with Crippen molar-refractivity contribution in [3.63, 3.8) is 0 Å². The molecule has 2 aromatic rings. The van der Waals surface area contributed by atoms with Crippen LogP contribution in [-0.4, -0.2) is 75.9 Å². The number of carbonyl (C=O) groups excluding carboxylic acids is 1. The molecule has 0 aliphatic carbocycles. The van der Waals surface area contributed by atoms with E-state index in [2.05, 4.69) is 16.2 Å². The zero-order chi connectivity index (χ0) is 23.9. The van der Waals surface area contributed by atoms with Crippen LogP contribution < -0.4 is 5.73 Å². The van der Waals surface area contributed by atoms with E-state index in [-0.39, 0.29) is 19.1 Å². The van der Waals surface area contributed by atoms with E-state index < -0.39 is 18.5 Å². The van der Waals surface area contributed by atoms with Crippen molar-refractivity contribution in [2.24, 2.45) is 5.92 Å². The molecule has 0 saturated carbocycles. The topological polar surface area (TPSA) is 185 Å². The van der Waals surface area contributed by atoms with E-state index in [4.69, 9.17) is 35.3 Å². The number of nitriles is 1. The fourth-order valence-corrected chi connectivity index (χ4v) is 2.35. The fraction of sp³-hybridized carbons (Fsp3) is 0.579. The number of hydrogen-bond acceptors (Lipinski definition) is 11. The van der Waals surface area contributed by atoms with Gasteiger partial charge in [0.2, 0.25) is 0 Å². The molecule has 2 rings (SSSR count). The Morgan fingerprint density at radius 2 is 1.97 bits per heavy atom. The number of anilines is 1. The standard InChI is InChI=1S/C17H23N5O4.CH4O2.CH4O/c1-12(2)8-25-16(23)26-10-17(9-18,24-3)7-6-13-4-5-14-15(19)20-11-21-22(13)14;2-1-3;1-2/h4-5,11-12H,6-8,10H2,1-3H3,(H2,19,20,21);2-3H,1H2;2H,1H3. The van der Waals surface area contributed by atoms with Crippen LogP contribution in [0.2, 0.25) is 0 Å². The molecule has 0 aliphatic heterocycles. The first-order chi connectivity index (χ1) is 14.8. The maximum atomic E-state index is 11.6. The van der Waals surface area contributed by atoms with Crippen molar-refractivity contribution >= 4 is 17.5 Å². The van der Waals surface area contributed by atoms with Crippen LogP contribution in [0.1, 0.15) is 26.0 Å². The zero-order valence-corrected chi connectivity index (χ0v) is 18.2.